The van der Waals surface area contributed by atoms with Gasteiger partial charge in [-0.2, -0.15) is 0 Å². The van der Waals surface area contributed by atoms with Gasteiger partial charge >= 0.3 is 0 Å². The van der Waals surface area contributed by atoms with Crippen molar-refractivity contribution in [3.63, 3.8) is 0 Å². The van der Waals surface area contributed by atoms with Crippen molar-refractivity contribution < 1.29 is 5.11 Å². The number of rotatable bonds is 2. The fourth-order valence-electron chi connectivity index (χ4n) is 2.79. The van der Waals surface area contributed by atoms with Crippen LogP contribution in [0.2, 0.25) is 5.02 Å². The normalized spacial score (nSPS) is 11.1. The summed E-state index contributed by atoms with van der Waals surface area (Å²) < 4.78 is 2.37. The van der Waals surface area contributed by atoms with E-state index in [1.807, 2.05) is 40.9 Å². The predicted octanol–water partition coefficient (Wildman–Crippen LogP) is 4.77. The summed E-state index contributed by atoms with van der Waals surface area (Å²) in [6.07, 6.45) is 3.49. The van der Waals surface area contributed by atoms with Gasteiger partial charge in [-0.3, -0.25) is 4.40 Å². The van der Waals surface area contributed by atoms with E-state index in [0.717, 1.165) is 16.8 Å². The van der Waals surface area contributed by atoms with Gasteiger partial charge in [0.2, 0.25) is 0 Å². The van der Waals surface area contributed by atoms with Crippen LogP contribution in [0.5, 0.6) is 5.75 Å². The Morgan fingerprint density at radius 2 is 1.88 bits per heavy atom. The molecule has 4 aromatic rings. The molecule has 0 bridgehead atoms. The number of phenolic OH excluding ortho intramolecular Hbond substituents is 1. The molecule has 2 heterocycles. The monoisotopic (exact) mass is 414 g/mol. The summed E-state index contributed by atoms with van der Waals surface area (Å²) >= 11 is 9.51. The van der Waals surface area contributed by atoms with Crippen molar-refractivity contribution in [3.05, 3.63) is 64.4 Å². The average Bonchev–Trinajstić information content (AvgIpc) is 3.10. The SMILES string of the molecule is Nc1nc(-c2ccccc2)c(-c2cc(Cl)c(O)c(Br)c2)n2ccnc12. The molecule has 124 valence electrons. The van der Waals surface area contributed by atoms with Crippen LogP contribution in [0, 0.1) is 0 Å². The first-order valence-electron chi connectivity index (χ1n) is 7.42. The highest BCUT2D eigenvalue weighted by atomic mass is 79.9. The van der Waals surface area contributed by atoms with Crippen LogP contribution in [-0.4, -0.2) is 19.5 Å². The number of nitrogen functional groups attached to an aromatic ring is 1. The Hall–Kier alpha value is -2.57. The van der Waals surface area contributed by atoms with Crippen LogP contribution >= 0.6 is 27.5 Å². The van der Waals surface area contributed by atoms with Crippen molar-refractivity contribution in [2.45, 2.75) is 0 Å². The van der Waals surface area contributed by atoms with Crippen molar-refractivity contribution in [2.75, 3.05) is 5.73 Å². The standard InChI is InChI=1S/C18H12BrClN4O/c19-12-8-11(9-13(20)16(12)25)15-14(10-4-2-1-3-5-10)23-17(21)18-22-6-7-24(15)18/h1-9,25H,(H2,21,23). The molecule has 5 nitrogen and oxygen atoms in total. The molecule has 3 N–H and O–H groups in total. The Balaban J connectivity index is 2.12. The van der Waals surface area contributed by atoms with Crippen LogP contribution in [0.4, 0.5) is 5.82 Å². The summed E-state index contributed by atoms with van der Waals surface area (Å²) in [5.41, 5.74) is 9.86. The molecule has 0 fully saturated rings. The molecule has 25 heavy (non-hydrogen) atoms. The number of aromatic nitrogens is 3. The zero-order valence-electron chi connectivity index (χ0n) is 12.8. The number of nitrogens with zero attached hydrogens (tertiary/aromatic N) is 3. The Bertz CT molecular complexity index is 1070. The Morgan fingerprint density at radius 1 is 1.12 bits per heavy atom. The van der Waals surface area contributed by atoms with E-state index < -0.39 is 0 Å². The zero-order valence-corrected chi connectivity index (χ0v) is 15.2. The number of fused-ring (bicyclic) bond motifs is 1. The molecule has 0 saturated heterocycles. The van der Waals surface area contributed by atoms with Crippen molar-refractivity contribution in [1.82, 2.24) is 14.4 Å². The Labute approximate surface area is 156 Å². The summed E-state index contributed by atoms with van der Waals surface area (Å²) in [5, 5.41) is 10.2. The lowest BCUT2D eigenvalue weighted by Gasteiger charge is -2.14. The second kappa shape index (κ2) is 6.06. The van der Waals surface area contributed by atoms with Gasteiger partial charge in [-0.05, 0) is 28.1 Å². The zero-order chi connectivity index (χ0) is 17.6. The largest absolute Gasteiger partial charge is 0.505 e. The van der Waals surface area contributed by atoms with E-state index in [1.54, 1.807) is 18.3 Å². The molecule has 0 aliphatic heterocycles. The molecule has 0 atom stereocenters. The molecular weight excluding hydrogens is 404 g/mol. The van der Waals surface area contributed by atoms with Crippen molar-refractivity contribution in [1.29, 1.82) is 0 Å². The molecule has 2 aromatic heterocycles. The fraction of sp³-hybridized carbons (Fsp3) is 0. The molecule has 0 amide bonds. The lowest BCUT2D eigenvalue weighted by Crippen LogP contribution is -2.03. The van der Waals surface area contributed by atoms with Gasteiger partial charge in [0, 0.05) is 23.5 Å². The molecule has 4 rings (SSSR count). The van der Waals surface area contributed by atoms with Gasteiger partial charge in [-0.25, -0.2) is 9.97 Å². The van der Waals surface area contributed by atoms with E-state index >= 15 is 0 Å². The lowest BCUT2D eigenvalue weighted by atomic mass is 10.0. The second-order valence-electron chi connectivity index (χ2n) is 5.47. The van der Waals surface area contributed by atoms with Gasteiger partial charge < -0.3 is 10.8 Å². The minimum Gasteiger partial charge on any atom is -0.505 e. The Kier molecular flexibility index (Phi) is 3.86. The van der Waals surface area contributed by atoms with Gasteiger partial charge in [-0.1, -0.05) is 41.9 Å². The fourth-order valence-corrected chi connectivity index (χ4v) is 3.58. The maximum absolute atomic E-state index is 9.95. The third-order valence-electron chi connectivity index (χ3n) is 3.90. The molecular formula is C18H12BrClN4O. The molecule has 0 spiro atoms. The highest BCUT2D eigenvalue weighted by Gasteiger charge is 2.18. The van der Waals surface area contributed by atoms with Crippen LogP contribution in [0.1, 0.15) is 0 Å². The number of aromatic hydroxyl groups is 1. The van der Waals surface area contributed by atoms with Crippen LogP contribution in [-0.2, 0) is 0 Å². The second-order valence-corrected chi connectivity index (χ2v) is 6.73. The Morgan fingerprint density at radius 3 is 2.60 bits per heavy atom. The van der Waals surface area contributed by atoms with Gasteiger partial charge in [0.05, 0.1) is 20.9 Å². The van der Waals surface area contributed by atoms with E-state index in [1.165, 1.54) is 0 Å². The first-order chi connectivity index (χ1) is 12.1. The molecule has 0 unspecified atom stereocenters. The van der Waals surface area contributed by atoms with Crippen LogP contribution in [0.15, 0.2) is 59.3 Å². The van der Waals surface area contributed by atoms with Crippen LogP contribution < -0.4 is 5.73 Å². The van der Waals surface area contributed by atoms with E-state index in [9.17, 15) is 5.11 Å². The van der Waals surface area contributed by atoms with Gasteiger partial charge in [0.15, 0.2) is 11.5 Å². The number of nitrogens with two attached hydrogens (primary N) is 1. The summed E-state index contributed by atoms with van der Waals surface area (Å²) in [6, 6.07) is 13.2. The van der Waals surface area contributed by atoms with Gasteiger partial charge in [0.1, 0.15) is 5.75 Å². The minimum absolute atomic E-state index is 0.00282. The van der Waals surface area contributed by atoms with E-state index in [2.05, 4.69) is 25.9 Å². The molecule has 0 radical (unpaired) electrons. The van der Waals surface area contributed by atoms with Crippen LogP contribution in [0.3, 0.4) is 0 Å². The first-order valence-corrected chi connectivity index (χ1v) is 8.59. The molecule has 0 aliphatic carbocycles. The molecule has 0 aliphatic rings. The summed E-state index contributed by atoms with van der Waals surface area (Å²) in [5.74, 6) is 0.341. The number of halogens is 2. The van der Waals surface area contributed by atoms with Crippen molar-refractivity contribution in [2.24, 2.45) is 0 Å². The maximum atomic E-state index is 9.95. The maximum Gasteiger partial charge on any atom is 0.180 e. The quantitative estimate of drug-likeness (QED) is 0.494. The van der Waals surface area contributed by atoms with Crippen molar-refractivity contribution >= 4 is 39.0 Å². The summed E-state index contributed by atoms with van der Waals surface area (Å²) in [7, 11) is 0. The van der Waals surface area contributed by atoms with E-state index in [4.69, 9.17) is 17.3 Å². The van der Waals surface area contributed by atoms with Gasteiger partial charge in [-0.15, -0.1) is 0 Å². The summed E-state index contributed by atoms with van der Waals surface area (Å²) in [4.78, 5) is 8.86. The van der Waals surface area contributed by atoms with Gasteiger partial charge in [0.25, 0.3) is 0 Å². The average molecular weight is 416 g/mol. The predicted molar refractivity (Wildman–Crippen MR) is 103 cm³/mol. The van der Waals surface area contributed by atoms with Crippen LogP contribution in [0.25, 0.3) is 28.2 Å². The summed E-state index contributed by atoms with van der Waals surface area (Å²) in [6.45, 7) is 0. The topological polar surface area (TPSA) is 76.4 Å². The molecule has 2 aromatic carbocycles. The smallest absolute Gasteiger partial charge is 0.180 e. The lowest BCUT2D eigenvalue weighted by molar-refractivity contribution is 0.472. The number of phenols is 1. The number of hydrogen-bond donors (Lipinski definition) is 2. The third kappa shape index (κ3) is 2.63. The van der Waals surface area contributed by atoms with Crippen molar-refractivity contribution in [3.8, 4) is 28.3 Å². The molecule has 7 heteroatoms. The third-order valence-corrected chi connectivity index (χ3v) is 4.80. The molecule has 0 saturated carbocycles. The first kappa shape index (κ1) is 15.9. The number of hydrogen-bond acceptors (Lipinski definition) is 4. The number of benzene rings is 2. The van der Waals surface area contributed by atoms with E-state index in [-0.39, 0.29) is 10.8 Å². The highest BCUT2D eigenvalue weighted by Crippen LogP contribution is 2.40. The minimum atomic E-state index is -0.00282. The number of imidazole rings is 1. The van der Waals surface area contributed by atoms with E-state index in [0.29, 0.717) is 21.6 Å². The number of anilines is 1. The highest BCUT2D eigenvalue weighted by molar-refractivity contribution is 9.10.